The smallest absolute Gasteiger partial charge is 0.0366 e. The van der Waals surface area contributed by atoms with Gasteiger partial charge >= 0.3 is 0 Å². The van der Waals surface area contributed by atoms with Gasteiger partial charge in [0, 0.05) is 31.1 Å². The minimum atomic E-state index is 0.560. The zero-order valence-electron chi connectivity index (χ0n) is 16.2. The highest BCUT2D eigenvalue weighted by atomic mass is 15.1. The van der Waals surface area contributed by atoms with Crippen molar-refractivity contribution in [1.82, 2.24) is 10.2 Å². The Kier molecular flexibility index (Phi) is 7.84. The van der Waals surface area contributed by atoms with E-state index in [4.69, 9.17) is 0 Å². The van der Waals surface area contributed by atoms with Gasteiger partial charge in [-0.05, 0) is 55.9 Å². The number of nitrogens with zero attached hydrogens (tertiary/aromatic N) is 1. The predicted molar refractivity (Wildman–Crippen MR) is 107 cm³/mol. The third-order valence-electron chi connectivity index (χ3n) is 4.63. The first-order valence-electron chi connectivity index (χ1n) is 8.83. The van der Waals surface area contributed by atoms with Crippen molar-refractivity contribution >= 4 is 0 Å². The largest absolute Gasteiger partial charge is 0.378 e. The van der Waals surface area contributed by atoms with Crippen LogP contribution in [0.25, 0.3) is 0 Å². The first-order chi connectivity index (χ1) is 11.3. The van der Waals surface area contributed by atoms with Crippen LogP contribution in [0.3, 0.4) is 0 Å². The molecule has 0 aromatic rings. The number of rotatable bonds is 9. The Morgan fingerprint density at radius 1 is 1.38 bits per heavy atom. The number of allylic oxidation sites excluding steroid dienone is 6. The van der Waals surface area contributed by atoms with Gasteiger partial charge in [0.2, 0.25) is 0 Å². The van der Waals surface area contributed by atoms with E-state index < -0.39 is 0 Å². The molecule has 132 valence electrons. The second kappa shape index (κ2) is 9.36. The number of hydrogen-bond acceptors (Lipinski definition) is 2. The maximum Gasteiger partial charge on any atom is 0.0366 e. The van der Waals surface area contributed by atoms with Gasteiger partial charge in [0.15, 0.2) is 0 Å². The second-order valence-corrected chi connectivity index (χ2v) is 6.88. The SMILES string of the molecule is C=C(CC)N/C=C/CCC(C)C1=CC(C)=C(C(=C)N(C)C)C(=C)C1. The first kappa shape index (κ1) is 20.1. The van der Waals surface area contributed by atoms with Crippen molar-refractivity contribution in [2.24, 2.45) is 5.92 Å². The molecule has 1 aliphatic rings. The van der Waals surface area contributed by atoms with E-state index in [-0.39, 0.29) is 0 Å². The first-order valence-corrected chi connectivity index (χ1v) is 8.83. The molecule has 1 unspecified atom stereocenters. The van der Waals surface area contributed by atoms with Crippen LogP contribution in [0.15, 0.2) is 71.8 Å². The van der Waals surface area contributed by atoms with Crippen molar-refractivity contribution in [1.29, 1.82) is 0 Å². The van der Waals surface area contributed by atoms with Crippen LogP contribution in [0, 0.1) is 5.92 Å². The zero-order valence-corrected chi connectivity index (χ0v) is 16.2. The van der Waals surface area contributed by atoms with E-state index >= 15 is 0 Å². The normalized spacial score (nSPS) is 16.2. The van der Waals surface area contributed by atoms with Crippen LogP contribution in [-0.2, 0) is 0 Å². The molecule has 0 heterocycles. The molecular formula is C22H34N2. The molecular weight excluding hydrogens is 292 g/mol. The maximum absolute atomic E-state index is 4.30. The molecule has 1 atom stereocenters. The highest BCUT2D eigenvalue weighted by Gasteiger charge is 2.20. The van der Waals surface area contributed by atoms with Crippen molar-refractivity contribution in [3.05, 3.63) is 71.8 Å². The molecule has 0 bridgehead atoms. The Morgan fingerprint density at radius 3 is 2.58 bits per heavy atom. The Bertz CT molecular complexity index is 585. The van der Waals surface area contributed by atoms with Crippen LogP contribution in [-0.4, -0.2) is 19.0 Å². The van der Waals surface area contributed by atoms with E-state index in [1.807, 2.05) is 20.3 Å². The molecule has 1 rings (SSSR count). The van der Waals surface area contributed by atoms with Crippen molar-refractivity contribution in [2.45, 2.75) is 46.5 Å². The number of hydrogen-bond donors (Lipinski definition) is 1. The molecule has 2 heteroatoms. The minimum absolute atomic E-state index is 0.560. The van der Waals surface area contributed by atoms with Gasteiger partial charge in [-0.2, -0.15) is 0 Å². The lowest BCUT2D eigenvalue weighted by Gasteiger charge is -2.28. The number of nitrogens with one attached hydrogen (secondary N) is 1. The summed E-state index contributed by atoms with van der Waals surface area (Å²) in [4.78, 5) is 2.06. The van der Waals surface area contributed by atoms with E-state index in [9.17, 15) is 0 Å². The Labute approximate surface area is 149 Å². The molecule has 1 aliphatic carbocycles. The lowest BCUT2D eigenvalue weighted by atomic mass is 9.81. The van der Waals surface area contributed by atoms with Crippen molar-refractivity contribution in [2.75, 3.05) is 14.1 Å². The highest BCUT2D eigenvalue weighted by Crippen LogP contribution is 2.36. The highest BCUT2D eigenvalue weighted by molar-refractivity contribution is 5.54. The second-order valence-electron chi connectivity index (χ2n) is 6.88. The summed E-state index contributed by atoms with van der Waals surface area (Å²) >= 11 is 0. The summed E-state index contributed by atoms with van der Waals surface area (Å²) in [5.41, 5.74) is 7.27. The van der Waals surface area contributed by atoms with Crippen LogP contribution in [0.2, 0.25) is 0 Å². The van der Waals surface area contributed by atoms with E-state index in [2.05, 4.69) is 62.9 Å². The standard InChI is InChI=1S/C22H34N2/c1-9-19(5)23-13-11-10-12-16(2)21-14-17(3)22(18(4)15-21)20(6)24(7)8/h11,13,15-16,23H,3,5-6,9-10,12,14H2,1-2,4,7-8H3/b13-11+. The molecule has 0 saturated heterocycles. The van der Waals surface area contributed by atoms with Gasteiger partial charge < -0.3 is 10.2 Å². The molecule has 0 saturated carbocycles. The molecule has 24 heavy (non-hydrogen) atoms. The monoisotopic (exact) mass is 326 g/mol. The Morgan fingerprint density at radius 2 is 2.04 bits per heavy atom. The summed E-state index contributed by atoms with van der Waals surface area (Å²) in [5, 5.41) is 3.20. The van der Waals surface area contributed by atoms with Crippen LogP contribution in [0.1, 0.15) is 46.5 Å². The summed E-state index contributed by atoms with van der Waals surface area (Å²) < 4.78 is 0. The van der Waals surface area contributed by atoms with Gasteiger partial charge in [-0.15, -0.1) is 0 Å². The van der Waals surface area contributed by atoms with E-state index in [0.29, 0.717) is 5.92 Å². The quantitative estimate of drug-likeness (QED) is 0.584. The van der Waals surface area contributed by atoms with E-state index in [0.717, 1.165) is 37.1 Å². The maximum atomic E-state index is 4.30. The molecule has 1 N–H and O–H groups in total. The molecule has 0 radical (unpaired) electrons. The fourth-order valence-electron chi connectivity index (χ4n) is 2.88. The average Bonchev–Trinajstić information content (AvgIpc) is 2.52. The molecule has 0 aromatic carbocycles. The third kappa shape index (κ3) is 5.59. The van der Waals surface area contributed by atoms with Gasteiger partial charge in [-0.3, -0.25) is 0 Å². The van der Waals surface area contributed by atoms with E-state index in [1.54, 1.807) is 0 Å². The molecule has 2 nitrogen and oxygen atoms in total. The van der Waals surface area contributed by atoms with Crippen LogP contribution in [0.5, 0.6) is 0 Å². The molecule has 0 amide bonds. The lowest BCUT2D eigenvalue weighted by molar-refractivity contribution is 0.522. The summed E-state index contributed by atoms with van der Waals surface area (Å²) in [6.07, 6.45) is 10.7. The number of likely N-dealkylation sites (N-methyl/N-ethyl adjacent to an activating group) is 1. The Hall–Kier alpha value is -1.96. The third-order valence-corrected chi connectivity index (χ3v) is 4.63. The van der Waals surface area contributed by atoms with Gasteiger partial charge in [0.1, 0.15) is 0 Å². The van der Waals surface area contributed by atoms with Crippen LogP contribution >= 0.6 is 0 Å². The summed E-state index contributed by atoms with van der Waals surface area (Å²) in [6, 6.07) is 0. The van der Waals surface area contributed by atoms with Gasteiger partial charge in [-0.1, -0.05) is 51.3 Å². The van der Waals surface area contributed by atoms with Crippen LogP contribution < -0.4 is 5.32 Å². The summed E-state index contributed by atoms with van der Waals surface area (Å²) in [7, 11) is 4.07. The van der Waals surface area contributed by atoms with Crippen molar-refractivity contribution in [3.8, 4) is 0 Å². The zero-order chi connectivity index (χ0) is 18.3. The molecule has 0 fully saturated rings. The summed E-state index contributed by atoms with van der Waals surface area (Å²) in [5.74, 6) is 0.560. The fraction of sp³-hybridized carbons (Fsp3) is 0.455. The molecule has 0 aliphatic heterocycles. The predicted octanol–water partition coefficient (Wildman–Crippen LogP) is 5.71. The fourth-order valence-corrected chi connectivity index (χ4v) is 2.88. The summed E-state index contributed by atoms with van der Waals surface area (Å²) in [6.45, 7) is 19.0. The molecule has 0 aromatic heterocycles. The van der Waals surface area contributed by atoms with Crippen molar-refractivity contribution in [3.63, 3.8) is 0 Å². The van der Waals surface area contributed by atoms with Gasteiger partial charge in [-0.25, -0.2) is 0 Å². The lowest BCUT2D eigenvalue weighted by Crippen LogP contribution is -2.16. The van der Waals surface area contributed by atoms with Gasteiger partial charge in [0.25, 0.3) is 0 Å². The average molecular weight is 327 g/mol. The topological polar surface area (TPSA) is 15.3 Å². The van der Waals surface area contributed by atoms with Gasteiger partial charge in [0.05, 0.1) is 0 Å². The van der Waals surface area contributed by atoms with Crippen molar-refractivity contribution < 1.29 is 0 Å². The minimum Gasteiger partial charge on any atom is -0.378 e. The molecule has 0 spiro atoms. The van der Waals surface area contributed by atoms with E-state index in [1.165, 1.54) is 22.3 Å². The van der Waals surface area contributed by atoms with Crippen LogP contribution in [0.4, 0.5) is 0 Å². The Balaban J connectivity index is 2.68.